The lowest BCUT2D eigenvalue weighted by atomic mass is 9.82. The Morgan fingerprint density at radius 2 is 0.968 bits per heavy atom. The Morgan fingerprint density at radius 1 is 0.387 bits per heavy atom. The molecule has 1 aliphatic carbocycles. The van der Waals surface area contributed by atoms with E-state index in [4.69, 9.17) is 14.4 Å². The van der Waals surface area contributed by atoms with Crippen LogP contribution in [-0.2, 0) is 5.41 Å². The summed E-state index contributed by atoms with van der Waals surface area (Å²) in [4.78, 5) is 10.3. The molecular formula is C59H38N2O. The first-order chi connectivity index (χ1) is 30.5. The van der Waals surface area contributed by atoms with Gasteiger partial charge in [-0.25, -0.2) is 4.98 Å². The largest absolute Gasteiger partial charge is 0.455 e. The highest BCUT2D eigenvalue weighted by molar-refractivity contribution is 6.25. The lowest BCUT2D eigenvalue weighted by Crippen LogP contribution is -2.14. The molecular weight excluding hydrogens is 753 g/mol. The normalized spacial score (nSPS) is 13.1. The number of fused-ring (bicyclic) bond motifs is 14. The third-order valence-corrected chi connectivity index (χ3v) is 13.5. The van der Waals surface area contributed by atoms with Crippen LogP contribution in [-0.4, -0.2) is 9.97 Å². The topological polar surface area (TPSA) is 38.9 Å². The van der Waals surface area contributed by atoms with Gasteiger partial charge >= 0.3 is 0 Å². The van der Waals surface area contributed by atoms with Crippen LogP contribution >= 0.6 is 0 Å². The molecule has 2 aromatic heterocycles. The number of hydrogen-bond donors (Lipinski definition) is 0. The zero-order valence-electron chi connectivity index (χ0n) is 34.3. The second-order valence-electron chi connectivity index (χ2n) is 17.3. The molecule has 290 valence electrons. The lowest BCUT2D eigenvalue weighted by Gasteiger charge is -2.21. The molecule has 0 N–H and O–H groups in total. The van der Waals surface area contributed by atoms with Gasteiger partial charge in [-0.1, -0.05) is 178 Å². The van der Waals surface area contributed by atoms with Crippen molar-refractivity contribution in [2.75, 3.05) is 0 Å². The van der Waals surface area contributed by atoms with E-state index in [1.165, 1.54) is 43.8 Å². The van der Waals surface area contributed by atoms with Crippen molar-refractivity contribution < 1.29 is 4.42 Å². The maximum absolute atomic E-state index is 7.16. The number of furan rings is 1. The van der Waals surface area contributed by atoms with E-state index in [2.05, 4.69) is 202 Å². The fraction of sp³-hybridized carbons (Fsp3) is 0.0508. The van der Waals surface area contributed by atoms with Crippen molar-refractivity contribution in [2.24, 2.45) is 0 Å². The molecule has 0 saturated carbocycles. The molecule has 0 fully saturated rings. The van der Waals surface area contributed by atoms with Crippen LogP contribution in [0.4, 0.5) is 0 Å². The van der Waals surface area contributed by atoms with E-state index < -0.39 is 0 Å². The number of nitrogens with zero attached hydrogens (tertiary/aromatic N) is 2. The van der Waals surface area contributed by atoms with Crippen LogP contribution in [0.25, 0.3) is 121 Å². The third-order valence-electron chi connectivity index (χ3n) is 13.5. The minimum atomic E-state index is -0.0527. The van der Waals surface area contributed by atoms with Crippen LogP contribution in [0.15, 0.2) is 199 Å². The Bertz CT molecular complexity index is 3820. The van der Waals surface area contributed by atoms with Crippen LogP contribution in [0.3, 0.4) is 0 Å². The summed E-state index contributed by atoms with van der Waals surface area (Å²) in [5.74, 6) is 0. The summed E-state index contributed by atoms with van der Waals surface area (Å²) >= 11 is 0. The summed E-state index contributed by atoms with van der Waals surface area (Å²) in [6.45, 7) is 4.67. The number of hydrogen-bond acceptors (Lipinski definition) is 3. The van der Waals surface area contributed by atoms with Gasteiger partial charge in [-0.2, -0.15) is 0 Å². The fourth-order valence-electron chi connectivity index (χ4n) is 10.5. The van der Waals surface area contributed by atoms with Crippen molar-refractivity contribution in [3.63, 3.8) is 0 Å². The maximum Gasteiger partial charge on any atom is 0.143 e. The average Bonchev–Trinajstić information content (AvgIpc) is 3.84. The standard InChI is InChI=1S/C59H38N2O/c1-59(2)51-27-10-9-22-45(51)50-33-39(28-29-52(50)59)49-32-38-14-3-4-19-41(38)54-48-26-13-25-42(57(48)62-58(49)54)37-17-11-15-35(30-37)36-16-12-18-40(31-36)53-34-60-55-46-23-7-5-20-43(46)44-21-6-8-24-47(44)56(55)61-53/h3-34H,1-2H3. The molecule has 12 aromatic rings. The molecule has 3 heteroatoms. The first kappa shape index (κ1) is 34.9. The predicted octanol–water partition coefficient (Wildman–Crippen LogP) is 16.0. The maximum atomic E-state index is 7.16. The Balaban J connectivity index is 0.939. The smallest absolute Gasteiger partial charge is 0.143 e. The van der Waals surface area contributed by atoms with Crippen LogP contribution in [0.2, 0.25) is 0 Å². The molecule has 0 radical (unpaired) electrons. The molecule has 10 aromatic carbocycles. The summed E-state index contributed by atoms with van der Waals surface area (Å²) in [6.07, 6.45) is 1.92. The van der Waals surface area contributed by atoms with Gasteiger partial charge in [-0.15, -0.1) is 0 Å². The van der Waals surface area contributed by atoms with E-state index in [-0.39, 0.29) is 5.41 Å². The van der Waals surface area contributed by atoms with E-state index in [1.807, 2.05) is 6.20 Å². The molecule has 0 saturated heterocycles. The van der Waals surface area contributed by atoms with Gasteiger partial charge in [0, 0.05) is 43.7 Å². The molecule has 3 nitrogen and oxygen atoms in total. The van der Waals surface area contributed by atoms with Gasteiger partial charge < -0.3 is 4.42 Å². The monoisotopic (exact) mass is 790 g/mol. The second-order valence-corrected chi connectivity index (χ2v) is 17.3. The first-order valence-electron chi connectivity index (χ1n) is 21.4. The van der Waals surface area contributed by atoms with Gasteiger partial charge in [0.25, 0.3) is 0 Å². The zero-order valence-corrected chi connectivity index (χ0v) is 34.3. The first-order valence-corrected chi connectivity index (χ1v) is 21.4. The third kappa shape index (κ3) is 5.06. The molecule has 2 heterocycles. The molecule has 0 atom stereocenters. The SMILES string of the molecule is CC1(C)c2ccccc2-c2cc(-c3cc4ccccc4c4c3oc3c(-c5cccc(-c6cccc(-c7cnc8c9ccccc9c9ccccc9c8n7)c6)c5)cccc34)ccc21. The highest BCUT2D eigenvalue weighted by atomic mass is 16.3. The van der Waals surface area contributed by atoms with Gasteiger partial charge in [-0.05, 0) is 90.3 Å². The van der Waals surface area contributed by atoms with Crippen LogP contribution in [0.5, 0.6) is 0 Å². The lowest BCUT2D eigenvalue weighted by molar-refractivity contribution is 0.660. The Kier molecular flexibility index (Phi) is 7.36. The number of benzene rings is 10. The van der Waals surface area contributed by atoms with Gasteiger partial charge in [0.05, 0.1) is 22.9 Å². The van der Waals surface area contributed by atoms with E-state index in [9.17, 15) is 0 Å². The Labute approximate surface area is 358 Å². The summed E-state index contributed by atoms with van der Waals surface area (Å²) in [7, 11) is 0. The quantitative estimate of drug-likeness (QED) is 0.167. The Hall–Kier alpha value is -7.88. The molecule has 0 amide bonds. The van der Waals surface area contributed by atoms with Gasteiger partial charge in [0.1, 0.15) is 11.2 Å². The van der Waals surface area contributed by atoms with Gasteiger partial charge in [-0.3, -0.25) is 4.98 Å². The van der Waals surface area contributed by atoms with E-state index in [1.54, 1.807) is 0 Å². The molecule has 62 heavy (non-hydrogen) atoms. The number of aromatic nitrogens is 2. The molecule has 0 spiro atoms. The van der Waals surface area contributed by atoms with E-state index in [0.717, 1.165) is 88.4 Å². The fourth-order valence-corrected chi connectivity index (χ4v) is 10.5. The van der Waals surface area contributed by atoms with Gasteiger partial charge in [0.2, 0.25) is 0 Å². The zero-order chi connectivity index (χ0) is 41.1. The van der Waals surface area contributed by atoms with Crippen molar-refractivity contribution in [1.82, 2.24) is 9.97 Å². The predicted molar refractivity (Wildman–Crippen MR) is 259 cm³/mol. The number of para-hydroxylation sites is 1. The second kappa shape index (κ2) is 13.1. The minimum absolute atomic E-state index is 0.0527. The van der Waals surface area contributed by atoms with Crippen molar-refractivity contribution in [2.45, 2.75) is 19.3 Å². The molecule has 0 aliphatic heterocycles. The van der Waals surface area contributed by atoms with Crippen LogP contribution in [0.1, 0.15) is 25.0 Å². The van der Waals surface area contributed by atoms with Crippen LogP contribution in [0, 0.1) is 0 Å². The molecule has 0 unspecified atom stereocenters. The van der Waals surface area contributed by atoms with Crippen LogP contribution < -0.4 is 0 Å². The summed E-state index contributed by atoms with van der Waals surface area (Å²) in [6, 6.07) is 67.9. The highest BCUT2D eigenvalue weighted by Gasteiger charge is 2.35. The average molecular weight is 791 g/mol. The summed E-state index contributed by atoms with van der Waals surface area (Å²) < 4.78 is 7.16. The molecule has 0 bridgehead atoms. The summed E-state index contributed by atoms with van der Waals surface area (Å²) in [5, 5.41) is 9.27. The molecule has 1 aliphatic rings. The highest BCUT2D eigenvalue weighted by Crippen LogP contribution is 2.51. The van der Waals surface area contributed by atoms with Crippen molar-refractivity contribution in [1.29, 1.82) is 0 Å². The van der Waals surface area contributed by atoms with E-state index in [0.29, 0.717) is 0 Å². The Morgan fingerprint density at radius 3 is 1.77 bits per heavy atom. The summed E-state index contributed by atoms with van der Waals surface area (Å²) in [5.41, 5.74) is 17.5. The number of rotatable bonds is 4. The van der Waals surface area contributed by atoms with Gasteiger partial charge in [0.15, 0.2) is 0 Å². The molecule has 13 rings (SSSR count). The van der Waals surface area contributed by atoms with Crippen molar-refractivity contribution in [3.05, 3.63) is 205 Å². The van der Waals surface area contributed by atoms with E-state index >= 15 is 0 Å². The van der Waals surface area contributed by atoms with Crippen molar-refractivity contribution in [3.8, 4) is 55.8 Å². The van der Waals surface area contributed by atoms with Crippen molar-refractivity contribution >= 4 is 65.3 Å². The minimum Gasteiger partial charge on any atom is -0.455 e.